The van der Waals surface area contributed by atoms with Gasteiger partial charge < -0.3 is 5.32 Å². The van der Waals surface area contributed by atoms with Crippen LogP contribution in [0.4, 0.5) is 18.9 Å². The summed E-state index contributed by atoms with van der Waals surface area (Å²) >= 11 is 4.37. The number of benzene rings is 1. The number of anilines is 1. The average Bonchev–Trinajstić information content (AvgIpc) is 2.47. The second-order valence-electron chi connectivity index (χ2n) is 4.20. The van der Waals surface area contributed by atoms with Crippen molar-refractivity contribution in [1.29, 1.82) is 0 Å². The Hall–Kier alpha value is -1.54. The molecule has 0 unspecified atom stereocenters. The van der Waals surface area contributed by atoms with E-state index in [0.29, 0.717) is 10.7 Å². The van der Waals surface area contributed by atoms with Crippen molar-refractivity contribution in [3.8, 4) is 0 Å². The Bertz CT molecular complexity index is 662. The van der Waals surface area contributed by atoms with E-state index in [1.165, 1.54) is 6.07 Å². The number of hydrogen-bond acceptors (Lipinski definition) is 3. The van der Waals surface area contributed by atoms with Gasteiger partial charge in [-0.25, -0.2) is 4.98 Å². The Morgan fingerprint density at radius 2 is 1.95 bits per heavy atom. The molecule has 0 bridgehead atoms. The summed E-state index contributed by atoms with van der Waals surface area (Å²) in [6.07, 6.45) is -3.65. The Labute approximate surface area is 137 Å². The molecule has 0 radical (unpaired) electrons. The Balaban J connectivity index is 1.90. The van der Waals surface area contributed by atoms with Crippen molar-refractivity contribution in [2.45, 2.75) is 11.2 Å². The third-order valence-corrected chi connectivity index (χ3v) is 4.20. The van der Waals surface area contributed by atoms with Crippen LogP contribution in [0.25, 0.3) is 0 Å². The molecule has 1 heterocycles. The average molecular weight is 391 g/mol. The molecular weight excluding hydrogens is 381 g/mol. The van der Waals surface area contributed by atoms with Gasteiger partial charge in [-0.15, -0.1) is 0 Å². The van der Waals surface area contributed by atoms with Crippen LogP contribution in [0, 0.1) is 0 Å². The minimum absolute atomic E-state index is 0.0553. The van der Waals surface area contributed by atoms with Crippen LogP contribution < -0.4 is 5.32 Å². The van der Waals surface area contributed by atoms with Gasteiger partial charge in [0.2, 0.25) is 5.91 Å². The highest BCUT2D eigenvalue weighted by atomic mass is 79.9. The fourth-order valence-corrected chi connectivity index (χ4v) is 2.55. The molecule has 1 aromatic heterocycles. The number of nitrogens with zero attached hydrogens (tertiary/aromatic N) is 1. The zero-order chi connectivity index (χ0) is 16.2. The molecule has 0 saturated heterocycles. The summed E-state index contributed by atoms with van der Waals surface area (Å²) in [6.45, 7) is 0. The molecular formula is C14H10BrF3N2OS. The van der Waals surface area contributed by atoms with Crippen LogP contribution >= 0.6 is 27.7 Å². The number of amides is 1. The molecule has 3 nitrogen and oxygen atoms in total. The number of carbonyl (C=O) groups excluding carboxylic acids is 1. The number of alkyl halides is 3. The minimum Gasteiger partial charge on any atom is -0.324 e. The first kappa shape index (κ1) is 16.8. The van der Waals surface area contributed by atoms with Crippen LogP contribution in [0.1, 0.15) is 5.56 Å². The number of hydrogen-bond donors (Lipinski definition) is 1. The molecule has 0 aliphatic carbocycles. The normalized spacial score (nSPS) is 11.3. The van der Waals surface area contributed by atoms with Crippen LogP contribution in [0.2, 0.25) is 0 Å². The maximum absolute atomic E-state index is 12.4. The number of nitrogens with one attached hydrogen (secondary N) is 1. The molecule has 0 aliphatic rings. The van der Waals surface area contributed by atoms with E-state index in [1.54, 1.807) is 18.2 Å². The predicted molar refractivity (Wildman–Crippen MR) is 82.7 cm³/mol. The van der Waals surface area contributed by atoms with E-state index >= 15 is 0 Å². The lowest BCUT2D eigenvalue weighted by Crippen LogP contribution is -2.14. The Kier molecular flexibility index (Phi) is 5.47. The molecule has 1 aromatic carbocycles. The van der Waals surface area contributed by atoms with E-state index in [-0.39, 0.29) is 11.7 Å². The van der Waals surface area contributed by atoms with E-state index in [9.17, 15) is 18.0 Å². The van der Waals surface area contributed by atoms with Crippen molar-refractivity contribution in [2.24, 2.45) is 0 Å². The van der Waals surface area contributed by atoms with Crippen molar-refractivity contribution in [1.82, 2.24) is 4.98 Å². The third-order valence-electron chi connectivity index (χ3n) is 2.56. The van der Waals surface area contributed by atoms with Crippen LogP contribution in [0.3, 0.4) is 0 Å². The predicted octanol–water partition coefficient (Wildman–Crippen LogP) is 4.59. The standard InChI is InChI=1S/C14H10BrF3N2OS/c15-10-3-1-2-4-11(10)20-12(21)8-22-13-6-5-9(7-19-13)14(16,17)18/h1-7H,8H2,(H,20,21). The van der Waals surface area contributed by atoms with E-state index in [1.807, 2.05) is 6.07 Å². The lowest BCUT2D eigenvalue weighted by molar-refractivity contribution is -0.137. The molecule has 0 spiro atoms. The number of rotatable bonds is 4. The summed E-state index contributed by atoms with van der Waals surface area (Å²) in [4.78, 5) is 15.5. The smallest absolute Gasteiger partial charge is 0.324 e. The topological polar surface area (TPSA) is 42.0 Å². The Morgan fingerprint density at radius 3 is 2.55 bits per heavy atom. The van der Waals surface area contributed by atoms with Gasteiger partial charge in [0.15, 0.2) is 0 Å². The molecule has 0 saturated carbocycles. The van der Waals surface area contributed by atoms with E-state index in [2.05, 4.69) is 26.2 Å². The third kappa shape index (κ3) is 4.74. The first-order chi connectivity index (χ1) is 10.4. The quantitative estimate of drug-likeness (QED) is 0.776. The largest absolute Gasteiger partial charge is 0.417 e. The van der Waals surface area contributed by atoms with Gasteiger partial charge in [-0.05, 0) is 40.2 Å². The molecule has 1 N–H and O–H groups in total. The summed E-state index contributed by atoms with van der Waals surface area (Å²) in [5, 5.41) is 3.06. The lowest BCUT2D eigenvalue weighted by Gasteiger charge is -2.08. The van der Waals surface area contributed by atoms with Crippen LogP contribution in [-0.2, 0) is 11.0 Å². The van der Waals surface area contributed by atoms with Gasteiger partial charge >= 0.3 is 6.18 Å². The fraction of sp³-hybridized carbons (Fsp3) is 0.143. The molecule has 0 aliphatic heterocycles. The first-order valence-corrected chi connectivity index (χ1v) is 7.84. The summed E-state index contributed by atoms with van der Waals surface area (Å²) in [5.74, 6) is -0.210. The zero-order valence-electron chi connectivity index (χ0n) is 11.0. The molecule has 22 heavy (non-hydrogen) atoms. The van der Waals surface area contributed by atoms with Crippen LogP contribution in [0.15, 0.2) is 52.1 Å². The van der Waals surface area contributed by atoms with Crippen molar-refractivity contribution in [2.75, 3.05) is 11.1 Å². The van der Waals surface area contributed by atoms with Crippen molar-refractivity contribution in [3.63, 3.8) is 0 Å². The summed E-state index contributed by atoms with van der Waals surface area (Å²) in [5.41, 5.74) is -0.178. The summed E-state index contributed by atoms with van der Waals surface area (Å²) < 4.78 is 37.9. The maximum atomic E-state index is 12.4. The molecule has 0 atom stereocenters. The molecule has 1 amide bonds. The number of carbonyl (C=O) groups is 1. The molecule has 2 rings (SSSR count). The minimum atomic E-state index is -4.41. The van der Waals surface area contributed by atoms with Crippen molar-refractivity contribution >= 4 is 39.3 Å². The number of pyridine rings is 1. The highest BCUT2D eigenvalue weighted by Crippen LogP contribution is 2.29. The monoisotopic (exact) mass is 390 g/mol. The van der Waals surface area contributed by atoms with Crippen LogP contribution in [-0.4, -0.2) is 16.6 Å². The second-order valence-corrected chi connectivity index (χ2v) is 6.05. The number of thioether (sulfide) groups is 1. The highest BCUT2D eigenvalue weighted by molar-refractivity contribution is 9.10. The number of aromatic nitrogens is 1. The first-order valence-electron chi connectivity index (χ1n) is 6.06. The van der Waals surface area contributed by atoms with E-state index in [0.717, 1.165) is 28.5 Å². The van der Waals surface area contributed by atoms with Crippen molar-refractivity contribution < 1.29 is 18.0 Å². The van der Waals surface area contributed by atoms with Gasteiger partial charge in [0, 0.05) is 10.7 Å². The SMILES string of the molecule is O=C(CSc1ccc(C(F)(F)F)cn1)Nc1ccccc1Br. The second kappa shape index (κ2) is 7.15. The molecule has 8 heteroatoms. The maximum Gasteiger partial charge on any atom is 0.417 e. The van der Waals surface area contributed by atoms with Gasteiger partial charge in [-0.2, -0.15) is 13.2 Å². The van der Waals surface area contributed by atoms with Crippen LogP contribution in [0.5, 0.6) is 0 Å². The van der Waals surface area contributed by atoms with Gasteiger partial charge in [0.1, 0.15) is 0 Å². The lowest BCUT2D eigenvalue weighted by atomic mass is 10.3. The van der Waals surface area contributed by atoms with Gasteiger partial charge in [-0.3, -0.25) is 4.79 Å². The Morgan fingerprint density at radius 1 is 1.23 bits per heavy atom. The summed E-state index contributed by atoms with van der Waals surface area (Å²) in [7, 11) is 0. The van der Waals surface area contributed by atoms with E-state index < -0.39 is 11.7 Å². The highest BCUT2D eigenvalue weighted by Gasteiger charge is 2.30. The van der Waals surface area contributed by atoms with Gasteiger partial charge in [0.25, 0.3) is 0 Å². The number of para-hydroxylation sites is 1. The zero-order valence-corrected chi connectivity index (χ0v) is 13.4. The van der Waals surface area contributed by atoms with E-state index in [4.69, 9.17) is 0 Å². The van der Waals surface area contributed by atoms with Gasteiger partial charge in [0.05, 0.1) is 22.0 Å². The number of halogens is 4. The van der Waals surface area contributed by atoms with Crippen molar-refractivity contribution in [3.05, 3.63) is 52.6 Å². The molecule has 116 valence electrons. The fourth-order valence-electron chi connectivity index (χ4n) is 1.52. The molecule has 0 fully saturated rings. The van der Waals surface area contributed by atoms with Gasteiger partial charge in [-0.1, -0.05) is 23.9 Å². The molecule has 2 aromatic rings. The summed E-state index contributed by atoms with van der Waals surface area (Å²) in [6, 6.07) is 9.33.